The molecule has 0 aliphatic carbocycles. The second kappa shape index (κ2) is 11.1. The molecule has 0 spiro atoms. The maximum absolute atomic E-state index is 13.4. The minimum absolute atomic E-state index is 0.00178. The van der Waals surface area contributed by atoms with Gasteiger partial charge >= 0.3 is 0 Å². The number of amides is 2. The molecule has 0 saturated heterocycles. The quantitative estimate of drug-likeness (QED) is 0.390. The van der Waals surface area contributed by atoms with Gasteiger partial charge in [0.15, 0.2) is 0 Å². The monoisotopic (exact) mass is 392 g/mol. The maximum atomic E-state index is 13.4. The average Bonchev–Trinajstić information content (AvgIpc) is 2.69. The van der Waals surface area contributed by atoms with E-state index in [2.05, 4.69) is 10.9 Å². The van der Waals surface area contributed by atoms with Gasteiger partial charge in [-0.15, -0.1) is 11.8 Å². The molecule has 0 aliphatic rings. The largest absolute Gasteiger partial charge is 0.497 e. The fraction of sp³-hybridized carbons (Fsp3) is 0.263. The van der Waals surface area contributed by atoms with E-state index in [0.717, 1.165) is 17.5 Å². The molecule has 2 aromatic carbocycles. The van der Waals surface area contributed by atoms with Crippen molar-refractivity contribution in [3.05, 3.63) is 54.3 Å². The molecule has 0 aliphatic heterocycles. The number of nitrogens with one attached hydrogen (secondary N) is 2. The van der Waals surface area contributed by atoms with Crippen molar-refractivity contribution in [1.82, 2.24) is 10.9 Å². The van der Waals surface area contributed by atoms with Crippen LogP contribution < -0.4 is 20.3 Å². The molecule has 2 N–H and O–H groups in total. The SMILES string of the molecule is COc1ccc(OCCCC(=O)NNC(=O)CSc2ccccc2F)cc1. The van der Waals surface area contributed by atoms with Crippen LogP contribution >= 0.6 is 11.8 Å². The zero-order chi connectivity index (χ0) is 19.5. The van der Waals surface area contributed by atoms with Gasteiger partial charge in [0, 0.05) is 11.3 Å². The van der Waals surface area contributed by atoms with Crippen LogP contribution in [0.5, 0.6) is 11.5 Å². The number of carbonyl (C=O) groups excluding carboxylic acids is 2. The second-order valence-electron chi connectivity index (χ2n) is 5.44. The predicted molar refractivity (Wildman–Crippen MR) is 101 cm³/mol. The van der Waals surface area contributed by atoms with Crippen LogP contribution in [0.25, 0.3) is 0 Å². The van der Waals surface area contributed by atoms with E-state index in [-0.39, 0.29) is 23.9 Å². The summed E-state index contributed by atoms with van der Waals surface area (Å²) in [4.78, 5) is 23.8. The third kappa shape index (κ3) is 7.57. The Bertz CT molecular complexity index is 756. The smallest absolute Gasteiger partial charge is 0.248 e. The summed E-state index contributed by atoms with van der Waals surface area (Å²) in [5, 5.41) is 0. The highest BCUT2D eigenvalue weighted by molar-refractivity contribution is 8.00. The predicted octanol–water partition coefficient (Wildman–Crippen LogP) is 2.93. The summed E-state index contributed by atoms with van der Waals surface area (Å²) < 4.78 is 24.0. The van der Waals surface area contributed by atoms with E-state index < -0.39 is 5.91 Å². The summed E-state index contributed by atoms with van der Waals surface area (Å²) in [6, 6.07) is 13.3. The van der Waals surface area contributed by atoms with E-state index in [4.69, 9.17) is 9.47 Å². The molecule has 0 atom stereocenters. The van der Waals surface area contributed by atoms with Crippen molar-refractivity contribution in [3.8, 4) is 11.5 Å². The summed E-state index contributed by atoms with van der Waals surface area (Å²) in [6.07, 6.45) is 0.703. The number of rotatable bonds is 9. The number of carbonyl (C=O) groups is 2. The third-order valence-corrected chi connectivity index (χ3v) is 4.46. The highest BCUT2D eigenvalue weighted by atomic mass is 32.2. The van der Waals surface area contributed by atoms with E-state index in [1.54, 1.807) is 49.6 Å². The molecule has 0 bridgehead atoms. The Labute approximate surface area is 161 Å². The Morgan fingerprint density at radius 3 is 2.37 bits per heavy atom. The Kier molecular flexibility index (Phi) is 8.44. The Morgan fingerprint density at radius 1 is 1.00 bits per heavy atom. The molecule has 2 rings (SSSR count). The van der Waals surface area contributed by atoms with Crippen molar-refractivity contribution in [1.29, 1.82) is 0 Å². The molecule has 6 nitrogen and oxygen atoms in total. The van der Waals surface area contributed by atoms with Crippen LogP contribution in [-0.4, -0.2) is 31.3 Å². The molecule has 2 aromatic rings. The Hall–Kier alpha value is -2.74. The summed E-state index contributed by atoms with van der Waals surface area (Å²) in [5.41, 5.74) is 4.64. The Balaban J connectivity index is 1.57. The van der Waals surface area contributed by atoms with E-state index in [1.165, 1.54) is 6.07 Å². The van der Waals surface area contributed by atoms with Crippen LogP contribution in [0.3, 0.4) is 0 Å². The molecule has 0 unspecified atom stereocenters. The number of halogens is 1. The number of methoxy groups -OCH3 is 1. The van der Waals surface area contributed by atoms with Gasteiger partial charge in [-0.25, -0.2) is 4.39 Å². The van der Waals surface area contributed by atoms with Crippen LogP contribution in [-0.2, 0) is 9.59 Å². The summed E-state index contributed by atoms with van der Waals surface area (Å²) in [7, 11) is 1.59. The molecule has 27 heavy (non-hydrogen) atoms. The lowest BCUT2D eigenvalue weighted by molar-refractivity contribution is -0.127. The van der Waals surface area contributed by atoms with Crippen LogP contribution in [0.1, 0.15) is 12.8 Å². The zero-order valence-corrected chi connectivity index (χ0v) is 15.7. The fourth-order valence-corrected chi connectivity index (χ4v) is 2.78. The third-order valence-electron chi connectivity index (χ3n) is 3.41. The number of benzene rings is 2. The van der Waals surface area contributed by atoms with Gasteiger partial charge in [-0.3, -0.25) is 20.4 Å². The summed E-state index contributed by atoms with van der Waals surface area (Å²) >= 11 is 1.06. The lowest BCUT2D eigenvalue weighted by atomic mass is 10.3. The molecule has 144 valence electrons. The zero-order valence-electron chi connectivity index (χ0n) is 14.9. The van der Waals surface area contributed by atoms with Gasteiger partial charge in [-0.05, 0) is 42.8 Å². The van der Waals surface area contributed by atoms with Crippen LogP contribution in [0.2, 0.25) is 0 Å². The Morgan fingerprint density at radius 2 is 1.67 bits per heavy atom. The van der Waals surface area contributed by atoms with Crippen LogP contribution in [0.15, 0.2) is 53.4 Å². The molecule has 2 amide bonds. The minimum atomic E-state index is -0.411. The van der Waals surface area contributed by atoms with Gasteiger partial charge in [-0.2, -0.15) is 0 Å². The minimum Gasteiger partial charge on any atom is -0.497 e. The first kappa shape index (κ1) is 20.6. The maximum Gasteiger partial charge on any atom is 0.248 e. The lowest BCUT2D eigenvalue weighted by Crippen LogP contribution is -2.42. The first-order valence-electron chi connectivity index (χ1n) is 8.30. The highest BCUT2D eigenvalue weighted by Gasteiger charge is 2.08. The number of hydrogen-bond acceptors (Lipinski definition) is 5. The molecule has 0 fully saturated rings. The molecule has 0 aromatic heterocycles. The summed E-state index contributed by atoms with van der Waals surface area (Å²) in [5.74, 6) is 0.321. The topological polar surface area (TPSA) is 76.7 Å². The van der Waals surface area contributed by atoms with Crippen LogP contribution in [0, 0.1) is 5.82 Å². The van der Waals surface area contributed by atoms with Gasteiger partial charge in [-0.1, -0.05) is 12.1 Å². The average molecular weight is 392 g/mol. The first-order valence-corrected chi connectivity index (χ1v) is 9.29. The standard InChI is InChI=1S/C19H21FN2O4S/c1-25-14-8-10-15(11-9-14)26-12-4-7-18(23)21-22-19(24)13-27-17-6-3-2-5-16(17)20/h2-3,5-6,8-11H,4,7,12-13H2,1H3,(H,21,23)(H,22,24). The van der Waals surface area contributed by atoms with E-state index in [9.17, 15) is 14.0 Å². The van der Waals surface area contributed by atoms with Gasteiger partial charge < -0.3 is 9.47 Å². The van der Waals surface area contributed by atoms with Gasteiger partial charge in [0.2, 0.25) is 11.8 Å². The number of hydrazine groups is 1. The van der Waals surface area contributed by atoms with Crippen LogP contribution in [0.4, 0.5) is 4.39 Å². The van der Waals surface area contributed by atoms with Gasteiger partial charge in [0.25, 0.3) is 0 Å². The number of ether oxygens (including phenoxy) is 2. The van der Waals surface area contributed by atoms with Crippen molar-refractivity contribution >= 4 is 23.6 Å². The van der Waals surface area contributed by atoms with Crippen molar-refractivity contribution in [2.75, 3.05) is 19.5 Å². The van der Waals surface area contributed by atoms with E-state index in [0.29, 0.717) is 23.7 Å². The molecule has 0 heterocycles. The molecule has 8 heteroatoms. The fourth-order valence-electron chi connectivity index (χ4n) is 2.04. The number of hydrogen-bond donors (Lipinski definition) is 2. The highest BCUT2D eigenvalue weighted by Crippen LogP contribution is 2.20. The summed E-state index contributed by atoms with van der Waals surface area (Å²) in [6.45, 7) is 0.372. The second-order valence-corrected chi connectivity index (χ2v) is 6.46. The molecular weight excluding hydrogens is 371 g/mol. The van der Waals surface area contributed by atoms with Crippen molar-refractivity contribution in [2.45, 2.75) is 17.7 Å². The van der Waals surface area contributed by atoms with Crippen molar-refractivity contribution < 1.29 is 23.5 Å². The van der Waals surface area contributed by atoms with E-state index >= 15 is 0 Å². The lowest BCUT2D eigenvalue weighted by Gasteiger charge is -2.09. The van der Waals surface area contributed by atoms with Crippen molar-refractivity contribution in [2.24, 2.45) is 0 Å². The van der Waals surface area contributed by atoms with Gasteiger partial charge in [0.05, 0.1) is 19.5 Å². The number of thioether (sulfide) groups is 1. The van der Waals surface area contributed by atoms with Gasteiger partial charge in [0.1, 0.15) is 17.3 Å². The molecular formula is C19H21FN2O4S. The first-order chi connectivity index (χ1) is 13.1. The normalized spacial score (nSPS) is 10.1. The molecule has 0 saturated carbocycles. The van der Waals surface area contributed by atoms with E-state index in [1.807, 2.05) is 0 Å². The molecule has 0 radical (unpaired) electrons. The van der Waals surface area contributed by atoms with Crippen molar-refractivity contribution in [3.63, 3.8) is 0 Å².